The first-order valence-corrected chi connectivity index (χ1v) is 4.26. The first-order chi connectivity index (χ1) is 5.79. The van der Waals surface area contributed by atoms with Gasteiger partial charge in [0, 0.05) is 17.5 Å². The van der Waals surface area contributed by atoms with Gasteiger partial charge in [-0.1, -0.05) is 6.07 Å². The van der Waals surface area contributed by atoms with Gasteiger partial charge in [-0.05, 0) is 11.4 Å². The van der Waals surface area contributed by atoms with Crippen molar-refractivity contribution < 1.29 is 4.79 Å². The molecule has 0 aliphatic rings. The number of hydrogen-bond donors (Lipinski definition) is 2. The highest BCUT2D eigenvalue weighted by molar-refractivity contribution is 7.10. The fraction of sp³-hybridized carbons (Fsp3) is 0.143. The molecule has 0 fully saturated rings. The Balaban J connectivity index is 2.26. The molecular weight excluding hydrogens is 174 g/mol. The average molecular weight is 183 g/mol. The summed E-state index contributed by atoms with van der Waals surface area (Å²) in [7, 11) is 0. The zero-order chi connectivity index (χ0) is 8.81. The van der Waals surface area contributed by atoms with Gasteiger partial charge in [0.05, 0.1) is 0 Å². The molecule has 0 saturated carbocycles. The molecule has 1 aromatic rings. The highest BCUT2D eigenvalue weighted by Gasteiger charge is 1.89. The maximum Gasteiger partial charge on any atom is 0.332 e. The normalized spacial score (nSPS) is 10.3. The first-order valence-electron chi connectivity index (χ1n) is 3.38. The summed E-state index contributed by atoms with van der Waals surface area (Å²) in [5.74, 6) is 0. The molecule has 0 saturated heterocycles. The molecular formula is C7H9N3OS. The number of hydrazone groups is 1. The summed E-state index contributed by atoms with van der Waals surface area (Å²) >= 11 is 1.65. The van der Waals surface area contributed by atoms with Gasteiger partial charge in [-0.25, -0.2) is 10.2 Å². The van der Waals surface area contributed by atoms with E-state index in [0.717, 1.165) is 6.42 Å². The number of rotatable bonds is 3. The number of carbonyl (C=O) groups is 1. The summed E-state index contributed by atoms with van der Waals surface area (Å²) in [6.07, 6.45) is 2.33. The maximum atomic E-state index is 10.2. The van der Waals surface area contributed by atoms with Crippen molar-refractivity contribution in [1.82, 2.24) is 5.43 Å². The predicted octanol–water partition coefficient (Wildman–Crippen LogP) is 0.945. The number of carbonyl (C=O) groups excluding carboxylic acids is 1. The fourth-order valence-electron chi connectivity index (χ4n) is 0.674. The van der Waals surface area contributed by atoms with E-state index in [1.807, 2.05) is 17.5 Å². The fourth-order valence-corrected chi connectivity index (χ4v) is 1.33. The Bertz CT molecular complexity index is 268. The number of hydrogen-bond acceptors (Lipinski definition) is 3. The standard InChI is InChI=1S/C7H9N3OS/c8-7(11)10-9-4-3-6-2-1-5-12-6/h1-2,4-5H,3H2,(H3,8,10,11). The van der Waals surface area contributed by atoms with Crippen molar-refractivity contribution in [2.45, 2.75) is 6.42 Å². The van der Waals surface area contributed by atoms with Gasteiger partial charge in [0.25, 0.3) is 0 Å². The van der Waals surface area contributed by atoms with Crippen LogP contribution in [-0.2, 0) is 6.42 Å². The predicted molar refractivity (Wildman–Crippen MR) is 49.2 cm³/mol. The van der Waals surface area contributed by atoms with Crippen LogP contribution in [0.4, 0.5) is 4.79 Å². The van der Waals surface area contributed by atoms with Gasteiger partial charge in [-0.2, -0.15) is 5.10 Å². The van der Waals surface area contributed by atoms with Crippen LogP contribution in [-0.4, -0.2) is 12.2 Å². The molecule has 5 heteroatoms. The molecule has 3 N–H and O–H groups in total. The molecule has 0 unspecified atom stereocenters. The van der Waals surface area contributed by atoms with E-state index >= 15 is 0 Å². The van der Waals surface area contributed by atoms with Crippen LogP contribution in [0.25, 0.3) is 0 Å². The third-order valence-corrected chi connectivity index (χ3v) is 2.04. The SMILES string of the molecule is NC(=O)NN=CCc1cccs1. The van der Waals surface area contributed by atoms with Gasteiger partial charge in [-0.3, -0.25) is 0 Å². The van der Waals surface area contributed by atoms with Crippen LogP contribution < -0.4 is 11.2 Å². The lowest BCUT2D eigenvalue weighted by molar-refractivity contribution is 0.249. The number of primary amides is 1. The van der Waals surface area contributed by atoms with Crippen LogP contribution in [0.2, 0.25) is 0 Å². The second kappa shape index (κ2) is 4.50. The van der Waals surface area contributed by atoms with Gasteiger partial charge < -0.3 is 5.73 Å². The number of nitrogens with zero attached hydrogens (tertiary/aromatic N) is 1. The van der Waals surface area contributed by atoms with Crippen LogP contribution in [0.5, 0.6) is 0 Å². The molecule has 12 heavy (non-hydrogen) atoms. The van der Waals surface area contributed by atoms with Crippen LogP contribution in [0.3, 0.4) is 0 Å². The van der Waals surface area contributed by atoms with E-state index in [-0.39, 0.29) is 0 Å². The van der Waals surface area contributed by atoms with E-state index in [4.69, 9.17) is 5.73 Å². The first kappa shape index (κ1) is 8.73. The van der Waals surface area contributed by atoms with Crippen molar-refractivity contribution in [2.75, 3.05) is 0 Å². The van der Waals surface area contributed by atoms with Crippen LogP contribution >= 0.6 is 11.3 Å². The van der Waals surface area contributed by atoms with Gasteiger partial charge in [0.15, 0.2) is 0 Å². The summed E-state index contributed by atoms with van der Waals surface area (Å²) in [6.45, 7) is 0. The molecule has 0 aliphatic carbocycles. The smallest absolute Gasteiger partial charge is 0.332 e. The molecule has 1 heterocycles. The minimum atomic E-state index is -0.641. The lowest BCUT2D eigenvalue weighted by Crippen LogP contribution is -2.24. The van der Waals surface area contributed by atoms with Gasteiger partial charge in [-0.15, -0.1) is 11.3 Å². The summed E-state index contributed by atoms with van der Waals surface area (Å²) in [5, 5.41) is 5.59. The topological polar surface area (TPSA) is 67.5 Å². The summed E-state index contributed by atoms with van der Waals surface area (Å²) in [5.41, 5.74) is 6.91. The van der Waals surface area contributed by atoms with Crippen LogP contribution in [0.15, 0.2) is 22.6 Å². The molecule has 0 bridgehead atoms. The van der Waals surface area contributed by atoms with Gasteiger partial charge >= 0.3 is 6.03 Å². The summed E-state index contributed by atoms with van der Waals surface area (Å²) in [6, 6.07) is 3.33. The summed E-state index contributed by atoms with van der Waals surface area (Å²) in [4.78, 5) is 11.4. The molecule has 0 aromatic carbocycles. The third kappa shape index (κ3) is 3.16. The number of nitrogens with two attached hydrogens (primary N) is 1. The van der Waals surface area contributed by atoms with E-state index in [1.54, 1.807) is 17.6 Å². The number of amides is 2. The van der Waals surface area contributed by atoms with Crippen LogP contribution in [0, 0.1) is 0 Å². The molecule has 64 valence electrons. The second-order valence-corrected chi connectivity index (χ2v) is 3.10. The van der Waals surface area contributed by atoms with E-state index in [9.17, 15) is 4.79 Å². The lowest BCUT2D eigenvalue weighted by atomic mass is 10.4. The molecule has 0 spiro atoms. The molecule has 0 aliphatic heterocycles. The van der Waals surface area contributed by atoms with Crippen molar-refractivity contribution in [1.29, 1.82) is 0 Å². The molecule has 0 radical (unpaired) electrons. The minimum Gasteiger partial charge on any atom is -0.350 e. The molecule has 1 rings (SSSR count). The van der Waals surface area contributed by atoms with Crippen molar-refractivity contribution >= 4 is 23.6 Å². The monoisotopic (exact) mass is 183 g/mol. The quantitative estimate of drug-likeness (QED) is 0.531. The van der Waals surface area contributed by atoms with E-state index < -0.39 is 6.03 Å². The largest absolute Gasteiger partial charge is 0.350 e. The van der Waals surface area contributed by atoms with Crippen molar-refractivity contribution in [3.05, 3.63) is 22.4 Å². The lowest BCUT2D eigenvalue weighted by Gasteiger charge is -1.89. The molecule has 1 aromatic heterocycles. The minimum absolute atomic E-state index is 0.641. The molecule has 4 nitrogen and oxygen atoms in total. The Hall–Kier alpha value is -1.36. The average Bonchev–Trinajstić information content (AvgIpc) is 2.49. The summed E-state index contributed by atoms with van der Waals surface area (Å²) < 4.78 is 0. The zero-order valence-electron chi connectivity index (χ0n) is 6.36. The number of thiophene rings is 1. The Morgan fingerprint density at radius 1 is 1.83 bits per heavy atom. The highest BCUT2D eigenvalue weighted by atomic mass is 32.1. The Morgan fingerprint density at radius 2 is 2.67 bits per heavy atom. The van der Waals surface area contributed by atoms with E-state index in [2.05, 4.69) is 10.5 Å². The number of nitrogens with one attached hydrogen (secondary N) is 1. The van der Waals surface area contributed by atoms with Crippen molar-refractivity contribution in [2.24, 2.45) is 10.8 Å². The Morgan fingerprint density at radius 3 is 3.25 bits per heavy atom. The maximum absolute atomic E-state index is 10.2. The number of urea groups is 1. The third-order valence-electron chi connectivity index (χ3n) is 1.14. The van der Waals surface area contributed by atoms with Gasteiger partial charge in [0.1, 0.15) is 0 Å². The molecule has 0 atom stereocenters. The Kier molecular flexibility index (Phi) is 3.28. The molecule has 2 amide bonds. The van der Waals surface area contributed by atoms with E-state index in [1.165, 1.54) is 4.88 Å². The zero-order valence-corrected chi connectivity index (χ0v) is 7.17. The van der Waals surface area contributed by atoms with Crippen molar-refractivity contribution in [3.63, 3.8) is 0 Å². The van der Waals surface area contributed by atoms with Crippen molar-refractivity contribution in [3.8, 4) is 0 Å². The van der Waals surface area contributed by atoms with Crippen LogP contribution in [0.1, 0.15) is 4.88 Å². The Labute approximate surface area is 74.1 Å². The van der Waals surface area contributed by atoms with Gasteiger partial charge in [0.2, 0.25) is 0 Å². The second-order valence-electron chi connectivity index (χ2n) is 2.07. The highest BCUT2D eigenvalue weighted by Crippen LogP contribution is 2.07. The van der Waals surface area contributed by atoms with E-state index in [0.29, 0.717) is 0 Å².